The molecule has 2 saturated heterocycles. The van der Waals surface area contributed by atoms with Gasteiger partial charge in [0.25, 0.3) is 11.8 Å². The number of aliphatic hydroxyl groups is 4. The molecule has 0 aromatic heterocycles. The van der Waals surface area contributed by atoms with Crippen molar-refractivity contribution < 1.29 is 47.5 Å². The number of rotatable bonds is 20. The van der Waals surface area contributed by atoms with Crippen molar-refractivity contribution in [2.24, 2.45) is 11.8 Å². The fourth-order valence-corrected chi connectivity index (χ4v) is 10.6. The molecule has 8 rings (SSSR count). The summed E-state index contributed by atoms with van der Waals surface area (Å²) in [6.45, 7) is 16.0. The Kier molecular flexibility index (Phi) is 18.1. The van der Waals surface area contributed by atoms with E-state index in [0.29, 0.717) is 26.1 Å². The molecule has 0 saturated carbocycles. The van der Waals surface area contributed by atoms with Crippen LogP contribution in [0.4, 0.5) is 17.6 Å². The number of hydrogen-bond donors (Lipinski definition) is 4. The van der Waals surface area contributed by atoms with Gasteiger partial charge in [-0.05, 0) is 121 Å². The van der Waals surface area contributed by atoms with E-state index in [9.17, 15) is 38.0 Å². The van der Waals surface area contributed by atoms with Crippen LogP contribution in [0.3, 0.4) is 0 Å². The molecule has 0 radical (unpaired) electrons. The first-order valence-corrected chi connectivity index (χ1v) is 25.4. The van der Waals surface area contributed by atoms with Gasteiger partial charge in [-0.2, -0.15) is 0 Å². The SMILES string of the molecule is CCC1CN(CCOc2ccc([C@H]3c4ccc([C@@H](C)O)cc4C[C@H](C)N3CC(F)(F)CO)cc2)C1.CCC1CN(CCOc2ccc([C@H]3c4ccc([C@H](C)O)cc4C[C@H](C)N3CC(F)(F)CO)cc2)C1. The lowest BCUT2D eigenvalue weighted by Gasteiger charge is -2.43. The van der Waals surface area contributed by atoms with Crippen molar-refractivity contribution in [3.63, 3.8) is 0 Å². The van der Waals surface area contributed by atoms with Crippen molar-refractivity contribution in [1.82, 2.24) is 19.6 Å². The second kappa shape index (κ2) is 23.6. The van der Waals surface area contributed by atoms with E-state index in [1.807, 2.05) is 98.8 Å². The molecule has 4 aliphatic rings. The van der Waals surface area contributed by atoms with Crippen LogP contribution in [0.1, 0.15) is 123 Å². The summed E-state index contributed by atoms with van der Waals surface area (Å²) in [6, 6.07) is 26.0. The Balaban J connectivity index is 0.000000206. The average molecular weight is 977 g/mol. The topological polar surface area (TPSA) is 112 Å². The Labute approximate surface area is 412 Å². The third-order valence-corrected chi connectivity index (χ3v) is 15.0. The summed E-state index contributed by atoms with van der Waals surface area (Å²) in [5, 5.41) is 38.6. The normalized spacial score (nSPS) is 22.5. The lowest BCUT2D eigenvalue weighted by Crippen LogP contribution is -2.49. The largest absolute Gasteiger partial charge is 0.492 e. The molecular weight excluding hydrogens is 901 g/mol. The van der Waals surface area contributed by atoms with Gasteiger partial charge in [-0.3, -0.25) is 19.6 Å². The van der Waals surface area contributed by atoms with Gasteiger partial charge in [-0.15, -0.1) is 0 Å². The van der Waals surface area contributed by atoms with E-state index in [0.717, 1.165) is 107 Å². The predicted molar refractivity (Wildman–Crippen MR) is 266 cm³/mol. The molecule has 70 heavy (non-hydrogen) atoms. The Morgan fingerprint density at radius 1 is 0.571 bits per heavy atom. The zero-order chi connectivity index (χ0) is 50.3. The third kappa shape index (κ3) is 13.3. The fourth-order valence-electron chi connectivity index (χ4n) is 10.6. The highest BCUT2D eigenvalue weighted by Crippen LogP contribution is 2.42. The summed E-state index contributed by atoms with van der Waals surface area (Å²) in [7, 11) is 0. The van der Waals surface area contributed by atoms with Crippen molar-refractivity contribution in [2.45, 2.75) is 115 Å². The smallest absolute Gasteiger partial charge is 0.283 e. The number of benzene rings is 4. The Bertz CT molecular complexity index is 2110. The lowest BCUT2D eigenvalue weighted by atomic mass is 9.83. The monoisotopic (exact) mass is 977 g/mol. The molecule has 4 aliphatic heterocycles. The highest BCUT2D eigenvalue weighted by atomic mass is 19.3. The average Bonchev–Trinajstić information content (AvgIpc) is 3.31. The summed E-state index contributed by atoms with van der Waals surface area (Å²) in [5.41, 5.74) is 7.47. The van der Waals surface area contributed by atoms with Crippen molar-refractivity contribution in [1.29, 1.82) is 0 Å². The van der Waals surface area contributed by atoms with Crippen LogP contribution in [0.5, 0.6) is 11.5 Å². The third-order valence-electron chi connectivity index (χ3n) is 15.0. The number of likely N-dealkylation sites (tertiary alicyclic amines) is 2. The second-order valence-electron chi connectivity index (χ2n) is 20.5. The van der Waals surface area contributed by atoms with Crippen molar-refractivity contribution in [2.75, 3.05) is 78.8 Å². The number of aliphatic hydroxyl groups excluding tert-OH is 4. The molecule has 0 spiro atoms. The zero-order valence-electron chi connectivity index (χ0n) is 41.9. The van der Waals surface area contributed by atoms with E-state index in [1.165, 1.54) is 12.8 Å². The number of hydrogen-bond acceptors (Lipinski definition) is 10. The molecule has 0 aliphatic carbocycles. The van der Waals surface area contributed by atoms with Crippen LogP contribution in [0.25, 0.3) is 0 Å². The van der Waals surface area contributed by atoms with Gasteiger partial charge in [0.05, 0.1) is 37.4 Å². The van der Waals surface area contributed by atoms with Crippen LogP contribution in [-0.2, 0) is 12.8 Å². The molecule has 0 bridgehead atoms. The van der Waals surface area contributed by atoms with Crippen LogP contribution in [0, 0.1) is 11.8 Å². The maximum Gasteiger partial charge on any atom is 0.283 e. The summed E-state index contributed by atoms with van der Waals surface area (Å²) < 4.78 is 69.3. The van der Waals surface area contributed by atoms with Gasteiger partial charge in [-0.25, -0.2) is 17.6 Å². The molecule has 0 amide bonds. The lowest BCUT2D eigenvalue weighted by molar-refractivity contribution is -0.0864. The summed E-state index contributed by atoms with van der Waals surface area (Å²) in [6.07, 6.45) is 2.47. The van der Waals surface area contributed by atoms with Crippen molar-refractivity contribution in [3.05, 3.63) is 129 Å². The van der Waals surface area contributed by atoms with E-state index < -0.39 is 50.4 Å². The first-order valence-electron chi connectivity index (χ1n) is 25.4. The van der Waals surface area contributed by atoms with Crippen LogP contribution in [0.2, 0.25) is 0 Å². The number of ether oxygens (including phenoxy) is 2. The predicted octanol–water partition coefficient (Wildman–Crippen LogP) is 8.85. The molecule has 4 heterocycles. The molecule has 2 fully saturated rings. The molecule has 14 heteroatoms. The minimum Gasteiger partial charge on any atom is -0.492 e. The van der Waals surface area contributed by atoms with Crippen LogP contribution in [-0.4, -0.2) is 143 Å². The molecule has 10 nitrogen and oxygen atoms in total. The molecular formula is C56H76F4N4O6. The maximum atomic E-state index is 14.3. The number of alkyl halides is 4. The van der Waals surface area contributed by atoms with E-state index in [-0.39, 0.29) is 24.2 Å². The van der Waals surface area contributed by atoms with Gasteiger partial charge in [-0.1, -0.05) is 87.4 Å². The molecule has 4 aromatic rings. The zero-order valence-corrected chi connectivity index (χ0v) is 41.9. The standard InChI is InChI=1S/2C28H38F2N2O3/c2*1-4-21-15-31(16-21)11-12-35-25-8-5-22(6-9-25)27-26-10-7-23(20(3)34)14-24(26)13-19(2)32(27)17-28(29,30)18-33/h2*5-10,14,19-21,27,33-34H,4,11-13,15-18H2,1-3H3/t19-,20+,27-;19-,20-,27-/m00/s1. The van der Waals surface area contributed by atoms with Crippen molar-refractivity contribution in [3.8, 4) is 11.5 Å². The molecule has 4 aromatic carbocycles. The van der Waals surface area contributed by atoms with E-state index in [4.69, 9.17) is 9.47 Å². The minimum absolute atomic E-state index is 0.159. The van der Waals surface area contributed by atoms with Crippen LogP contribution in [0.15, 0.2) is 84.9 Å². The van der Waals surface area contributed by atoms with Crippen LogP contribution >= 0.6 is 0 Å². The highest BCUT2D eigenvalue weighted by Gasteiger charge is 2.42. The van der Waals surface area contributed by atoms with Gasteiger partial charge in [0.1, 0.15) is 37.9 Å². The highest BCUT2D eigenvalue weighted by molar-refractivity contribution is 5.46. The summed E-state index contributed by atoms with van der Waals surface area (Å²) in [5.74, 6) is -3.23. The van der Waals surface area contributed by atoms with Gasteiger partial charge < -0.3 is 29.9 Å². The summed E-state index contributed by atoms with van der Waals surface area (Å²) >= 11 is 0. The minimum atomic E-state index is -3.19. The molecule has 0 unspecified atom stereocenters. The Morgan fingerprint density at radius 2 is 0.929 bits per heavy atom. The maximum absolute atomic E-state index is 14.3. The first kappa shape index (κ1) is 53.7. The fraction of sp³-hybridized carbons (Fsp3) is 0.571. The van der Waals surface area contributed by atoms with Crippen LogP contribution < -0.4 is 9.47 Å². The quantitative estimate of drug-likeness (QED) is 0.0642. The molecule has 4 N–H and O–H groups in total. The number of fused-ring (bicyclic) bond motifs is 2. The van der Waals surface area contributed by atoms with Gasteiger partial charge in [0.15, 0.2) is 0 Å². The number of halogens is 4. The van der Waals surface area contributed by atoms with E-state index in [1.54, 1.807) is 23.6 Å². The van der Waals surface area contributed by atoms with Crippen molar-refractivity contribution >= 4 is 0 Å². The van der Waals surface area contributed by atoms with E-state index >= 15 is 0 Å². The number of nitrogens with zero attached hydrogens (tertiary/aromatic N) is 4. The first-order chi connectivity index (χ1) is 33.4. The van der Waals surface area contributed by atoms with Gasteiger partial charge >= 0.3 is 0 Å². The second-order valence-corrected chi connectivity index (χ2v) is 20.5. The Morgan fingerprint density at radius 3 is 1.24 bits per heavy atom. The van der Waals surface area contributed by atoms with Gasteiger partial charge in [0, 0.05) is 51.4 Å². The van der Waals surface area contributed by atoms with Gasteiger partial charge in [0.2, 0.25) is 0 Å². The Hall–Kier alpha value is -4.12. The molecule has 6 atom stereocenters. The summed E-state index contributed by atoms with van der Waals surface area (Å²) in [4.78, 5) is 8.35. The molecule has 384 valence electrons. The van der Waals surface area contributed by atoms with E-state index in [2.05, 4.69) is 23.6 Å².